The summed E-state index contributed by atoms with van der Waals surface area (Å²) in [4.78, 5) is 18.5. The molecule has 0 radical (unpaired) electrons. The molecule has 0 spiro atoms. The maximum absolute atomic E-state index is 13.7. The molecule has 0 saturated carbocycles. The second-order valence-corrected chi connectivity index (χ2v) is 3.65. The van der Waals surface area contributed by atoms with Crippen LogP contribution in [0.2, 0.25) is 0 Å². The fourth-order valence-electron chi connectivity index (χ4n) is 1.49. The van der Waals surface area contributed by atoms with Gasteiger partial charge in [0.15, 0.2) is 11.5 Å². The van der Waals surface area contributed by atoms with E-state index in [1.54, 1.807) is 0 Å². The van der Waals surface area contributed by atoms with E-state index in [4.69, 9.17) is 15.6 Å². The van der Waals surface area contributed by atoms with Gasteiger partial charge in [0.1, 0.15) is 11.6 Å². The van der Waals surface area contributed by atoms with E-state index in [1.165, 1.54) is 25.3 Å². The molecule has 1 heterocycles. The molecule has 2 aromatic rings. The summed E-state index contributed by atoms with van der Waals surface area (Å²) in [5.74, 6) is -1.54. The number of halogens is 1. The topological polar surface area (TPSA) is 98.3 Å². The molecule has 7 heteroatoms. The Balaban J connectivity index is 2.59. The van der Waals surface area contributed by atoms with Gasteiger partial charge in [0.05, 0.1) is 24.6 Å². The Hall–Kier alpha value is -2.70. The molecule has 0 atom stereocenters. The van der Waals surface area contributed by atoms with E-state index in [0.29, 0.717) is 5.75 Å². The van der Waals surface area contributed by atoms with Crippen molar-refractivity contribution in [2.24, 2.45) is 0 Å². The van der Waals surface area contributed by atoms with Crippen LogP contribution in [0.3, 0.4) is 0 Å². The number of carboxylic acids is 1. The molecule has 19 heavy (non-hydrogen) atoms. The van der Waals surface area contributed by atoms with Gasteiger partial charge in [0.25, 0.3) is 0 Å². The molecule has 1 aromatic carbocycles. The van der Waals surface area contributed by atoms with Crippen molar-refractivity contribution in [3.63, 3.8) is 0 Å². The number of nitrogens with two attached hydrogens (primary N) is 1. The van der Waals surface area contributed by atoms with Gasteiger partial charge in [-0.15, -0.1) is 0 Å². The van der Waals surface area contributed by atoms with Crippen LogP contribution in [0.5, 0.6) is 5.75 Å². The lowest BCUT2D eigenvalue weighted by atomic mass is 10.2. The molecule has 6 nitrogen and oxygen atoms in total. The van der Waals surface area contributed by atoms with E-state index in [-0.39, 0.29) is 22.8 Å². The van der Waals surface area contributed by atoms with E-state index in [0.717, 1.165) is 6.20 Å². The molecule has 0 aliphatic carbocycles. The quantitative estimate of drug-likeness (QED) is 0.872. The fourth-order valence-corrected chi connectivity index (χ4v) is 1.49. The van der Waals surface area contributed by atoms with Gasteiger partial charge >= 0.3 is 5.97 Å². The fraction of sp³-hybridized carbons (Fsp3) is 0.0833. The molecule has 0 amide bonds. The average Bonchev–Trinajstić information content (AvgIpc) is 2.40. The van der Waals surface area contributed by atoms with Gasteiger partial charge in [-0.2, -0.15) is 0 Å². The molecule has 0 fully saturated rings. The Morgan fingerprint density at radius 1 is 1.47 bits per heavy atom. The molecule has 0 aliphatic rings. The number of carboxylic acid groups (broad SMARTS) is 1. The van der Waals surface area contributed by atoms with Crippen molar-refractivity contribution in [1.29, 1.82) is 0 Å². The number of benzene rings is 1. The third-order valence-electron chi connectivity index (χ3n) is 2.43. The number of rotatable bonds is 3. The van der Waals surface area contributed by atoms with Gasteiger partial charge in [0, 0.05) is 0 Å². The predicted molar refractivity (Wildman–Crippen MR) is 65.3 cm³/mol. The molecule has 0 bridgehead atoms. The van der Waals surface area contributed by atoms with Crippen LogP contribution in [0.25, 0.3) is 11.4 Å². The molecule has 98 valence electrons. The maximum atomic E-state index is 13.7. The normalized spacial score (nSPS) is 10.2. The average molecular weight is 263 g/mol. The minimum absolute atomic E-state index is 0.0434. The van der Waals surface area contributed by atoms with Crippen LogP contribution in [0.1, 0.15) is 10.5 Å². The maximum Gasteiger partial charge on any atom is 0.356 e. The van der Waals surface area contributed by atoms with Gasteiger partial charge in [-0.3, -0.25) is 0 Å². The second-order valence-electron chi connectivity index (χ2n) is 3.65. The van der Waals surface area contributed by atoms with Crippen molar-refractivity contribution < 1.29 is 19.0 Å². The number of nitrogen functional groups attached to an aromatic ring is 1. The van der Waals surface area contributed by atoms with Crippen LogP contribution in [0, 0.1) is 5.82 Å². The van der Waals surface area contributed by atoms with Gasteiger partial charge in [-0.05, 0) is 18.2 Å². The second kappa shape index (κ2) is 4.89. The van der Waals surface area contributed by atoms with E-state index in [2.05, 4.69) is 9.97 Å². The van der Waals surface area contributed by atoms with Crippen molar-refractivity contribution in [3.8, 4) is 17.1 Å². The molecule has 3 N–H and O–H groups in total. The Morgan fingerprint density at radius 2 is 2.21 bits per heavy atom. The van der Waals surface area contributed by atoms with Crippen molar-refractivity contribution in [3.05, 3.63) is 35.9 Å². The first-order chi connectivity index (χ1) is 9.02. The summed E-state index contributed by atoms with van der Waals surface area (Å²) in [5.41, 5.74) is 5.03. The Bertz CT molecular complexity index is 646. The molecule has 0 saturated heterocycles. The molecular formula is C12H10FN3O3. The lowest BCUT2D eigenvalue weighted by molar-refractivity contribution is 0.0691. The van der Waals surface area contributed by atoms with Gasteiger partial charge in [-0.1, -0.05) is 0 Å². The van der Waals surface area contributed by atoms with E-state index in [1.807, 2.05) is 0 Å². The van der Waals surface area contributed by atoms with Gasteiger partial charge in [-0.25, -0.2) is 19.2 Å². The molecule has 2 rings (SSSR count). The number of hydrogen-bond acceptors (Lipinski definition) is 5. The van der Waals surface area contributed by atoms with Crippen LogP contribution in [-0.4, -0.2) is 28.2 Å². The molecular weight excluding hydrogens is 253 g/mol. The van der Waals surface area contributed by atoms with Gasteiger partial charge < -0.3 is 15.6 Å². The molecule has 0 unspecified atom stereocenters. The number of hydrogen-bond donors (Lipinski definition) is 2. The third-order valence-corrected chi connectivity index (χ3v) is 2.43. The smallest absolute Gasteiger partial charge is 0.356 e. The molecule has 0 aliphatic heterocycles. The number of aromatic carboxylic acids is 1. The highest BCUT2D eigenvalue weighted by atomic mass is 19.1. The van der Waals surface area contributed by atoms with Crippen molar-refractivity contribution >= 4 is 11.7 Å². The highest BCUT2D eigenvalue weighted by molar-refractivity contribution is 5.91. The van der Waals surface area contributed by atoms with Crippen LogP contribution in [-0.2, 0) is 0 Å². The lowest BCUT2D eigenvalue weighted by Crippen LogP contribution is -2.08. The van der Waals surface area contributed by atoms with Crippen molar-refractivity contribution in [1.82, 2.24) is 9.97 Å². The summed E-state index contributed by atoms with van der Waals surface area (Å²) in [6.07, 6.45) is 1.13. The zero-order valence-electron chi connectivity index (χ0n) is 9.92. The van der Waals surface area contributed by atoms with Crippen LogP contribution in [0.15, 0.2) is 24.4 Å². The first-order valence-corrected chi connectivity index (χ1v) is 5.22. The zero-order valence-corrected chi connectivity index (χ0v) is 9.92. The minimum atomic E-state index is -1.30. The summed E-state index contributed by atoms with van der Waals surface area (Å²) in [7, 11) is 1.43. The van der Waals surface area contributed by atoms with Crippen LogP contribution in [0.4, 0.5) is 10.1 Å². The highest BCUT2D eigenvalue weighted by Crippen LogP contribution is 2.25. The van der Waals surface area contributed by atoms with E-state index >= 15 is 0 Å². The third kappa shape index (κ3) is 2.44. The number of aromatic nitrogens is 2. The Morgan fingerprint density at radius 3 is 2.84 bits per heavy atom. The first-order valence-electron chi connectivity index (χ1n) is 5.22. The summed E-state index contributed by atoms with van der Waals surface area (Å²) in [6.45, 7) is 0. The summed E-state index contributed by atoms with van der Waals surface area (Å²) >= 11 is 0. The standard InChI is InChI=1S/C12H10FN3O3/c1-19-6-2-3-8(13)7(4-6)11-15-5-9(14)10(16-11)12(17)18/h2-5H,14H2,1H3,(H,17,18). The summed E-state index contributed by atoms with van der Waals surface area (Å²) < 4.78 is 18.7. The highest BCUT2D eigenvalue weighted by Gasteiger charge is 2.15. The largest absolute Gasteiger partial charge is 0.497 e. The van der Waals surface area contributed by atoms with E-state index in [9.17, 15) is 9.18 Å². The van der Waals surface area contributed by atoms with Crippen molar-refractivity contribution in [2.45, 2.75) is 0 Å². The lowest BCUT2D eigenvalue weighted by Gasteiger charge is -2.06. The van der Waals surface area contributed by atoms with Crippen LogP contribution < -0.4 is 10.5 Å². The van der Waals surface area contributed by atoms with Crippen LogP contribution >= 0.6 is 0 Å². The number of ether oxygens (including phenoxy) is 1. The Labute approximate surface area is 107 Å². The minimum Gasteiger partial charge on any atom is -0.497 e. The summed E-state index contributed by atoms with van der Waals surface area (Å²) in [6, 6.07) is 4.01. The number of nitrogens with zero attached hydrogens (tertiary/aromatic N) is 2. The number of anilines is 1. The SMILES string of the molecule is COc1ccc(F)c(-c2ncc(N)c(C(=O)O)n2)c1. The van der Waals surface area contributed by atoms with Crippen molar-refractivity contribution in [2.75, 3.05) is 12.8 Å². The zero-order chi connectivity index (χ0) is 14.0. The number of carbonyl (C=O) groups is 1. The Kier molecular flexibility index (Phi) is 3.28. The monoisotopic (exact) mass is 263 g/mol. The summed E-state index contributed by atoms with van der Waals surface area (Å²) in [5, 5.41) is 8.92. The number of methoxy groups -OCH3 is 1. The van der Waals surface area contributed by atoms with Gasteiger partial charge in [0.2, 0.25) is 0 Å². The molecule has 1 aromatic heterocycles. The van der Waals surface area contributed by atoms with E-state index < -0.39 is 11.8 Å². The predicted octanol–water partition coefficient (Wildman–Crippen LogP) is 1.57. The first kappa shape index (κ1) is 12.7.